The molecule has 2 unspecified atom stereocenters. The van der Waals surface area contributed by atoms with Crippen molar-refractivity contribution >= 4 is 5.91 Å². The van der Waals surface area contributed by atoms with E-state index < -0.39 is 0 Å². The highest BCUT2D eigenvalue weighted by Gasteiger charge is 2.27. The van der Waals surface area contributed by atoms with E-state index in [2.05, 4.69) is 5.32 Å². The van der Waals surface area contributed by atoms with Crippen LogP contribution in [-0.2, 0) is 14.3 Å². The lowest BCUT2D eigenvalue weighted by Gasteiger charge is -2.33. The number of carbonyl (C=O) groups is 1. The smallest absolute Gasteiger partial charge is 0.251 e. The zero-order valence-corrected chi connectivity index (χ0v) is 13.5. The number of hydrogen-bond donors (Lipinski definition) is 1. The number of hydrogen-bond acceptors (Lipinski definition) is 4. The Morgan fingerprint density at radius 1 is 1.38 bits per heavy atom. The molecule has 5 heteroatoms. The lowest BCUT2D eigenvalue weighted by molar-refractivity contribution is -0.146. The summed E-state index contributed by atoms with van der Waals surface area (Å²) in [4.78, 5) is 14.3. The molecule has 0 spiro atoms. The number of rotatable bonds is 7. The molecule has 1 N–H and O–H groups in total. The van der Waals surface area contributed by atoms with Gasteiger partial charge >= 0.3 is 0 Å². The van der Waals surface area contributed by atoms with Crippen LogP contribution in [0.4, 0.5) is 0 Å². The van der Waals surface area contributed by atoms with E-state index in [-0.39, 0.29) is 18.1 Å². The van der Waals surface area contributed by atoms with Gasteiger partial charge in [0.25, 0.3) is 5.91 Å². The number of nitrogens with zero attached hydrogens (tertiary/aromatic N) is 1. The van der Waals surface area contributed by atoms with Gasteiger partial charge in [0.2, 0.25) is 0 Å². The van der Waals surface area contributed by atoms with Crippen molar-refractivity contribution in [3.63, 3.8) is 0 Å². The molecule has 0 radical (unpaired) electrons. The summed E-state index contributed by atoms with van der Waals surface area (Å²) in [6.07, 6.45) is 5.45. The maximum absolute atomic E-state index is 12.4. The number of piperidine rings is 1. The normalized spacial score (nSPS) is 25.2. The van der Waals surface area contributed by atoms with Gasteiger partial charge in [-0.25, -0.2) is 0 Å². The first kappa shape index (κ1) is 16.7. The summed E-state index contributed by atoms with van der Waals surface area (Å²) in [5.41, 5.74) is 0. The molecule has 2 aliphatic rings. The quantitative estimate of drug-likeness (QED) is 0.772. The van der Waals surface area contributed by atoms with Crippen molar-refractivity contribution in [1.29, 1.82) is 0 Å². The van der Waals surface area contributed by atoms with E-state index in [1.165, 1.54) is 6.42 Å². The van der Waals surface area contributed by atoms with Crippen LogP contribution in [0, 0.1) is 5.92 Å². The van der Waals surface area contributed by atoms with Crippen LogP contribution in [0.5, 0.6) is 0 Å². The summed E-state index contributed by atoms with van der Waals surface area (Å²) in [7, 11) is 1.99. The minimum absolute atomic E-state index is 0.139. The van der Waals surface area contributed by atoms with Crippen LogP contribution in [0.1, 0.15) is 39.0 Å². The molecular formula is C16H30N2O3. The number of carbonyl (C=O) groups excluding carboxylic acids is 1. The van der Waals surface area contributed by atoms with Crippen LogP contribution in [0.15, 0.2) is 0 Å². The molecule has 2 heterocycles. The zero-order chi connectivity index (χ0) is 15.1. The van der Waals surface area contributed by atoms with Gasteiger partial charge in [-0.05, 0) is 58.5 Å². The minimum Gasteiger partial charge on any atom is -0.376 e. The zero-order valence-electron chi connectivity index (χ0n) is 13.5. The first-order valence-corrected chi connectivity index (χ1v) is 8.37. The van der Waals surface area contributed by atoms with Crippen LogP contribution in [0.25, 0.3) is 0 Å². The summed E-state index contributed by atoms with van der Waals surface area (Å²) in [5.74, 6) is 0.893. The lowest BCUT2D eigenvalue weighted by atomic mass is 9.93. The second-order valence-electron chi connectivity index (χ2n) is 6.27. The van der Waals surface area contributed by atoms with Gasteiger partial charge in [0.05, 0.1) is 12.7 Å². The van der Waals surface area contributed by atoms with Gasteiger partial charge in [0.15, 0.2) is 0 Å². The fourth-order valence-corrected chi connectivity index (χ4v) is 3.15. The van der Waals surface area contributed by atoms with Gasteiger partial charge in [-0.15, -0.1) is 0 Å². The Bertz CT molecular complexity index is 311. The van der Waals surface area contributed by atoms with Crippen LogP contribution in [-0.4, -0.2) is 62.9 Å². The Kier molecular flexibility index (Phi) is 6.93. The van der Waals surface area contributed by atoms with E-state index in [0.717, 1.165) is 57.8 Å². The van der Waals surface area contributed by atoms with E-state index in [1.807, 2.05) is 18.9 Å². The average molecular weight is 298 g/mol. The SMILES string of the molecule is CNCCC1CCN(C(=O)C(C)OCC2CCCO2)CC1. The second-order valence-corrected chi connectivity index (χ2v) is 6.27. The molecule has 5 nitrogen and oxygen atoms in total. The highest BCUT2D eigenvalue weighted by atomic mass is 16.5. The summed E-state index contributed by atoms with van der Waals surface area (Å²) in [5, 5.41) is 3.20. The third kappa shape index (κ3) is 5.24. The predicted octanol–water partition coefficient (Wildman–Crippen LogP) is 1.42. The largest absolute Gasteiger partial charge is 0.376 e. The number of likely N-dealkylation sites (tertiary alicyclic amines) is 1. The molecule has 0 aromatic rings. The summed E-state index contributed by atoms with van der Waals surface area (Å²) < 4.78 is 11.2. The van der Waals surface area contributed by atoms with E-state index in [1.54, 1.807) is 0 Å². The predicted molar refractivity (Wildman–Crippen MR) is 82.2 cm³/mol. The van der Waals surface area contributed by atoms with Crippen molar-refractivity contribution in [3.05, 3.63) is 0 Å². The van der Waals surface area contributed by atoms with Gasteiger partial charge < -0.3 is 19.7 Å². The van der Waals surface area contributed by atoms with Crippen molar-refractivity contribution in [1.82, 2.24) is 10.2 Å². The van der Waals surface area contributed by atoms with Gasteiger partial charge in [0, 0.05) is 19.7 Å². The minimum atomic E-state index is -0.344. The lowest BCUT2D eigenvalue weighted by Crippen LogP contribution is -2.44. The molecule has 0 aromatic heterocycles. The van der Waals surface area contributed by atoms with Crippen molar-refractivity contribution in [3.8, 4) is 0 Å². The molecule has 2 atom stereocenters. The van der Waals surface area contributed by atoms with E-state index in [0.29, 0.717) is 6.61 Å². The fraction of sp³-hybridized carbons (Fsp3) is 0.938. The molecule has 21 heavy (non-hydrogen) atoms. The summed E-state index contributed by atoms with van der Waals surface area (Å²) in [6, 6.07) is 0. The van der Waals surface area contributed by atoms with Gasteiger partial charge in [0.1, 0.15) is 6.10 Å². The van der Waals surface area contributed by atoms with Gasteiger partial charge in [-0.2, -0.15) is 0 Å². The summed E-state index contributed by atoms with van der Waals surface area (Å²) >= 11 is 0. The van der Waals surface area contributed by atoms with Crippen LogP contribution >= 0.6 is 0 Å². The van der Waals surface area contributed by atoms with Crippen molar-refractivity contribution in [2.45, 2.75) is 51.2 Å². The van der Waals surface area contributed by atoms with Crippen molar-refractivity contribution < 1.29 is 14.3 Å². The second kappa shape index (κ2) is 8.71. The molecule has 2 fully saturated rings. The molecule has 2 saturated heterocycles. The van der Waals surface area contributed by atoms with E-state index >= 15 is 0 Å². The highest BCUT2D eigenvalue weighted by Crippen LogP contribution is 2.21. The highest BCUT2D eigenvalue weighted by molar-refractivity contribution is 5.80. The Balaban J connectivity index is 1.65. The van der Waals surface area contributed by atoms with Gasteiger partial charge in [-0.1, -0.05) is 0 Å². The third-order valence-electron chi connectivity index (χ3n) is 4.63. The Labute approximate surface area is 128 Å². The fourth-order valence-electron chi connectivity index (χ4n) is 3.15. The van der Waals surface area contributed by atoms with Gasteiger partial charge in [-0.3, -0.25) is 4.79 Å². The molecule has 0 aliphatic carbocycles. The van der Waals surface area contributed by atoms with E-state index in [4.69, 9.17) is 9.47 Å². The Morgan fingerprint density at radius 3 is 2.76 bits per heavy atom. The van der Waals surface area contributed by atoms with Crippen LogP contribution in [0.3, 0.4) is 0 Å². The Morgan fingerprint density at radius 2 is 2.14 bits per heavy atom. The third-order valence-corrected chi connectivity index (χ3v) is 4.63. The van der Waals surface area contributed by atoms with Crippen LogP contribution < -0.4 is 5.32 Å². The summed E-state index contributed by atoms with van der Waals surface area (Å²) in [6.45, 7) is 6.06. The molecule has 1 amide bonds. The number of ether oxygens (including phenoxy) is 2. The first-order valence-electron chi connectivity index (χ1n) is 8.37. The Hall–Kier alpha value is -0.650. The van der Waals surface area contributed by atoms with Crippen molar-refractivity contribution in [2.75, 3.05) is 39.9 Å². The number of nitrogens with one attached hydrogen (secondary N) is 1. The molecule has 0 bridgehead atoms. The monoisotopic (exact) mass is 298 g/mol. The van der Waals surface area contributed by atoms with Crippen molar-refractivity contribution in [2.24, 2.45) is 5.92 Å². The molecule has 122 valence electrons. The van der Waals surface area contributed by atoms with E-state index in [9.17, 15) is 4.79 Å². The molecule has 2 aliphatic heterocycles. The maximum Gasteiger partial charge on any atom is 0.251 e. The first-order chi connectivity index (χ1) is 10.2. The average Bonchev–Trinajstić information content (AvgIpc) is 3.04. The standard InChI is InChI=1S/C16H30N2O3/c1-13(21-12-15-4-3-11-20-15)16(19)18-9-6-14(7-10-18)5-8-17-2/h13-15,17H,3-12H2,1-2H3. The molecule has 2 rings (SSSR count). The number of amides is 1. The topological polar surface area (TPSA) is 50.8 Å². The van der Waals surface area contributed by atoms with Crippen LogP contribution in [0.2, 0.25) is 0 Å². The molecule has 0 aromatic carbocycles. The molecular weight excluding hydrogens is 268 g/mol. The molecule has 0 saturated carbocycles. The maximum atomic E-state index is 12.4.